The quantitative estimate of drug-likeness (QED) is 0.801. The second kappa shape index (κ2) is 3.31. The molecule has 0 aromatic carbocycles. The average Bonchev–Trinajstić information content (AvgIpc) is 2.41. The van der Waals surface area contributed by atoms with Crippen molar-refractivity contribution >= 4 is 0 Å². The van der Waals surface area contributed by atoms with Gasteiger partial charge in [0.05, 0.1) is 0 Å². The first kappa shape index (κ1) is 12.5. The lowest BCUT2D eigenvalue weighted by Crippen LogP contribution is -2.75. The van der Waals surface area contributed by atoms with Crippen LogP contribution >= 0.6 is 0 Å². The highest BCUT2D eigenvalue weighted by Gasteiger charge is 2.74. The molecule has 7 fully saturated rings. The van der Waals surface area contributed by atoms with Gasteiger partial charge in [-0.1, -0.05) is 20.8 Å². The van der Waals surface area contributed by atoms with E-state index in [0.29, 0.717) is 22.3 Å². The van der Waals surface area contributed by atoms with Gasteiger partial charge in [0.2, 0.25) is 0 Å². The summed E-state index contributed by atoms with van der Waals surface area (Å²) in [7, 11) is 0. The number of rotatable bonds is 2. The molecule has 7 aliphatic rings. The zero-order valence-corrected chi connectivity index (χ0v) is 13.5. The first-order valence-electron chi connectivity index (χ1n) is 9.16. The molecule has 7 aliphatic carbocycles. The SMILES string of the molecule is CCC(N)C12CC3(C)CC4C5CC(C)(CC41)CC2C5C3. The average molecular weight is 273 g/mol. The summed E-state index contributed by atoms with van der Waals surface area (Å²) in [4.78, 5) is 0. The third kappa shape index (κ3) is 1.15. The molecule has 1 nitrogen and oxygen atoms in total. The molecule has 0 radical (unpaired) electrons. The number of hydrogen-bond acceptors (Lipinski definition) is 1. The van der Waals surface area contributed by atoms with Gasteiger partial charge in [0.15, 0.2) is 0 Å². The third-order valence-electron chi connectivity index (χ3n) is 8.99. The van der Waals surface area contributed by atoms with Crippen molar-refractivity contribution in [2.24, 2.45) is 51.6 Å². The molecule has 5 unspecified atom stereocenters. The van der Waals surface area contributed by atoms with Crippen LogP contribution in [0.3, 0.4) is 0 Å². The largest absolute Gasteiger partial charge is 0.327 e. The van der Waals surface area contributed by atoms with Gasteiger partial charge in [-0.15, -0.1) is 0 Å². The summed E-state index contributed by atoms with van der Waals surface area (Å²) < 4.78 is 0. The smallest absolute Gasteiger partial charge is 0.00986 e. The fourth-order valence-corrected chi connectivity index (χ4v) is 8.87. The summed E-state index contributed by atoms with van der Waals surface area (Å²) in [5, 5.41) is 0. The van der Waals surface area contributed by atoms with Crippen LogP contribution in [-0.4, -0.2) is 6.04 Å². The Morgan fingerprint density at radius 1 is 0.900 bits per heavy atom. The van der Waals surface area contributed by atoms with Gasteiger partial charge in [-0.25, -0.2) is 0 Å². The molecule has 2 N–H and O–H groups in total. The normalized spacial score (nSPS) is 66.9. The van der Waals surface area contributed by atoms with Crippen molar-refractivity contribution in [3.63, 3.8) is 0 Å². The molecule has 0 amide bonds. The predicted octanol–water partition coefficient (Wildman–Crippen LogP) is 4.21. The van der Waals surface area contributed by atoms with E-state index in [1.165, 1.54) is 25.7 Å². The maximum Gasteiger partial charge on any atom is 0.00986 e. The Kier molecular flexibility index (Phi) is 2.07. The number of nitrogens with two attached hydrogens (primary N) is 1. The Hall–Kier alpha value is -0.0400. The topological polar surface area (TPSA) is 26.0 Å². The summed E-state index contributed by atoms with van der Waals surface area (Å²) >= 11 is 0. The van der Waals surface area contributed by atoms with Crippen LogP contribution in [0.4, 0.5) is 0 Å². The van der Waals surface area contributed by atoms with Gasteiger partial charge in [-0.05, 0) is 90.8 Å². The highest BCUT2D eigenvalue weighted by Crippen LogP contribution is 2.81. The zero-order chi connectivity index (χ0) is 13.9. The highest BCUT2D eigenvalue weighted by atomic mass is 14.8. The second-order valence-electron chi connectivity index (χ2n) is 10.2. The third-order valence-corrected chi connectivity index (χ3v) is 8.99. The van der Waals surface area contributed by atoms with Crippen LogP contribution < -0.4 is 5.73 Å². The molecule has 0 saturated heterocycles. The zero-order valence-electron chi connectivity index (χ0n) is 13.5. The molecule has 0 aromatic heterocycles. The Balaban J connectivity index is 1.70. The summed E-state index contributed by atoms with van der Waals surface area (Å²) in [6, 6.07) is 0.478. The molecule has 0 aliphatic heterocycles. The van der Waals surface area contributed by atoms with Crippen molar-refractivity contribution in [2.75, 3.05) is 0 Å². The summed E-state index contributed by atoms with van der Waals surface area (Å²) in [5.41, 5.74) is 8.71. The van der Waals surface area contributed by atoms with E-state index in [0.717, 1.165) is 29.6 Å². The van der Waals surface area contributed by atoms with Gasteiger partial charge in [0.25, 0.3) is 0 Å². The van der Waals surface area contributed by atoms with E-state index < -0.39 is 0 Å². The number of hydrogen-bond donors (Lipinski definition) is 1. The van der Waals surface area contributed by atoms with Crippen LogP contribution in [0.2, 0.25) is 0 Å². The molecule has 112 valence electrons. The molecule has 5 atom stereocenters. The van der Waals surface area contributed by atoms with E-state index in [-0.39, 0.29) is 0 Å². The second-order valence-corrected chi connectivity index (χ2v) is 10.2. The molecule has 20 heavy (non-hydrogen) atoms. The molecule has 8 bridgehead atoms. The van der Waals surface area contributed by atoms with Crippen molar-refractivity contribution in [2.45, 2.75) is 71.8 Å². The standard InChI is InChI=1S/C19H31N/c1-4-16(20)19-10-18(3)6-12-11-5-17(2,8-14(12)19)9-15(19)13(11)7-18/h11-16H,4-10,20H2,1-3H3. The molecule has 7 rings (SSSR count). The summed E-state index contributed by atoms with van der Waals surface area (Å²) in [5.74, 6) is 5.17. The van der Waals surface area contributed by atoms with Crippen LogP contribution in [0, 0.1) is 45.8 Å². The van der Waals surface area contributed by atoms with Crippen molar-refractivity contribution in [3.05, 3.63) is 0 Å². The van der Waals surface area contributed by atoms with Crippen molar-refractivity contribution in [1.29, 1.82) is 0 Å². The Labute approximate surface area is 124 Å². The van der Waals surface area contributed by atoms with Crippen LogP contribution in [0.5, 0.6) is 0 Å². The molecule has 1 heteroatoms. The van der Waals surface area contributed by atoms with Gasteiger partial charge >= 0.3 is 0 Å². The monoisotopic (exact) mass is 273 g/mol. The van der Waals surface area contributed by atoms with Gasteiger partial charge in [0.1, 0.15) is 0 Å². The lowest BCUT2D eigenvalue weighted by molar-refractivity contribution is -0.302. The van der Waals surface area contributed by atoms with E-state index in [9.17, 15) is 0 Å². The van der Waals surface area contributed by atoms with Crippen LogP contribution in [0.1, 0.15) is 65.7 Å². The molecule has 0 heterocycles. The summed E-state index contributed by atoms with van der Waals surface area (Å²) in [6.07, 6.45) is 10.3. The van der Waals surface area contributed by atoms with E-state index in [1.807, 2.05) is 0 Å². The van der Waals surface area contributed by atoms with Crippen LogP contribution in [0.25, 0.3) is 0 Å². The maximum absolute atomic E-state index is 6.82. The maximum atomic E-state index is 6.82. The molecular formula is C19H31N. The van der Waals surface area contributed by atoms with Crippen molar-refractivity contribution in [1.82, 2.24) is 0 Å². The predicted molar refractivity (Wildman–Crippen MR) is 82.1 cm³/mol. The first-order chi connectivity index (χ1) is 9.41. The minimum atomic E-state index is 0.478. The highest BCUT2D eigenvalue weighted by molar-refractivity contribution is 5.24. The molecule has 0 spiro atoms. The van der Waals surface area contributed by atoms with Gasteiger partial charge in [-0.3, -0.25) is 0 Å². The van der Waals surface area contributed by atoms with E-state index >= 15 is 0 Å². The Morgan fingerprint density at radius 2 is 1.45 bits per heavy atom. The van der Waals surface area contributed by atoms with Crippen LogP contribution in [-0.2, 0) is 0 Å². The first-order valence-corrected chi connectivity index (χ1v) is 9.16. The van der Waals surface area contributed by atoms with E-state index in [1.54, 1.807) is 19.3 Å². The van der Waals surface area contributed by atoms with E-state index in [2.05, 4.69) is 20.8 Å². The van der Waals surface area contributed by atoms with Gasteiger partial charge < -0.3 is 5.73 Å². The molecule has 0 aromatic rings. The fraction of sp³-hybridized carbons (Fsp3) is 1.00. The van der Waals surface area contributed by atoms with E-state index in [4.69, 9.17) is 5.73 Å². The summed E-state index contributed by atoms with van der Waals surface area (Å²) in [6.45, 7) is 7.55. The van der Waals surface area contributed by atoms with Crippen molar-refractivity contribution in [3.8, 4) is 0 Å². The van der Waals surface area contributed by atoms with Gasteiger partial charge in [0, 0.05) is 6.04 Å². The molecular weight excluding hydrogens is 242 g/mol. The Morgan fingerprint density at radius 3 is 2.00 bits per heavy atom. The lowest BCUT2D eigenvalue weighted by atomic mass is 9.25. The van der Waals surface area contributed by atoms with Gasteiger partial charge in [-0.2, -0.15) is 0 Å². The minimum absolute atomic E-state index is 0.478. The minimum Gasteiger partial charge on any atom is -0.327 e. The fourth-order valence-electron chi connectivity index (χ4n) is 8.87. The lowest BCUT2D eigenvalue weighted by Gasteiger charge is -2.79. The van der Waals surface area contributed by atoms with Crippen molar-refractivity contribution < 1.29 is 0 Å². The van der Waals surface area contributed by atoms with Crippen LogP contribution in [0.15, 0.2) is 0 Å². The Bertz CT molecular complexity index is 442. The molecule has 7 saturated carbocycles.